The molecule has 1 aliphatic rings. The van der Waals surface area contributed by atoms with Gasteiger partial charge in [0.15, 0.2) is 11.6 Å². The molecule has 0 spiro atoms. The van der Waals surface area contributed by atoms with Gasteiger partial charge in [0.05, 0.1) is 6.04 Å². The fourth-order valence-corrected chi connectivity index (χ4v) is 2.86. The molecule has 0 aromatic heterocycles. The Balaban J connectivity index is 1.92. The highest BCUT2D eigenvalue weighted by atomic mass is 19.2. The lowest BCUT2D eigenvalue weighted by atomic mass is 9.93. The van der Waals surface area contributed by atoms with E-state index < -0.39 is 11.6 Å². The number of benzene rings is 2. The Morgan fingerprint density at radius 1 is 1.09 bits per heavy atom. The van der Waals surface area contributed by atoms with Crippen molar-refractivity contribution in [2.45, 2.75) is 19.4 Å². The second-order valence-electron chi connectivity index (χ2n) is 5.40. The van der Waals surface area contributed by atoms with Crippen LogP contribution in [0.15, 0.2) is 36.4 Å². The Labute approximate surface area is 126 Å². The zero-order valence-corrected chi connectivity index (χ0v) is 11.9. The molecule has 1 unspecified atom stereocenters. The van der Waals surface area contributed by atoms with Crippen LogP contribution in [-0.4, -0.2) is 17.4 Å². The standard InChI is InChI=1S/C17H14F3NO/c1-10-14-9-13(18)4-2-11(14)6-7-21(10)17(22)12-3-5-15(19)16(20)8-12/h2-5,8-10H,6-7H2,1H3. The molecule has 0 radical (unpaired) electrons. The van der Waals surface area contributed by atoms with Gasteiger partial charge in [-0.2, -0.15) is 0 Å². The van der Waals surface area contributed by atoms with Crippen LogP contribution in [-0.2, 0) is 6.42 Å². The highest BCUT2D eigenvalue weighted by Gasteiger charge is 2.28. The van der Waals surface area contributed by atoms with Gasteiger partial charge in [0.1, 0.15) is 5.82 Å². The molecule has 5 heteroatoms. The Morgan fingerprint density at radius 3 is 2.59 bits per heavy atom. The minimum absolute atomic E-state index is 0.0885. The molecule has 0 fully saturated rings. The van der Waals surface area contributed by atoms with Gasteiger partial charge in [-0.1, -0.05) is 6.07 Å². The Kier molecular flexibility index (Phi) is 3.64. The van der Waals surface area contributed by atoms with Crippen LogP contribution in [0.1, 0.15) is 34.5 Å². The van der Waals surface area contributed by atoms with E-state index >= 15 is 0 Å². The molecule has 0 saturated heterocycles. The van der Waals surface area contributed by atoms with Crippen LogP contribution in [0, 0.1) is 17.5 Å². The topological polar surface area (TPSA) is 20.3 Å². The van der Waals surface area contributed by atoms with Crippen LogP contribution < -0.4 is 0 Å². The minimum Gasteiger partial charge on any atom is -0.332 e. The second-order valence-corrected chi connectivity index (χ2v) is 5.40. The van der Waals surface area contributed by atoms with Crippen LogP contribution in [0.25, 0.3) is 0 Å². The average Bonchev–Trinajstić information content (AvgIpc) is 2.50. The van der Waals surface area contributed by atoms with E-state index in [0.717, 1.165) is 23.3 Å². The molecular weight excluding hydrogens is 291 g/mol. The van der Waals surface area contributed by atoms with Gasteiger partial charge >= 0.3 is 0 Å². The quantitative estimate of drug-likeness (QED) is 0.783. The number of carbonyl (C=O) groups is 1. The number of rotatable bonds is 1. The summed E-state index contributed by atoms with van der Waals surface area (Å²) in [5.41, 5.74) is 1.84. The SMILES string of the molecule is CC1c2cc(F)ccc2CCN1C(=O)c1ccc(F)c(F)c1. The van der Waals surface area contributed by atoms with Crippen molar-refractivity contribution in [3.8, 4) is 0 Å². The zero-order valence-electron chi connectivity index (χ0n) is 11.9. The smallest absolute Gasteiger partial charge is 0.254 e. The van der Waals surface area contributed by atoms with E-state index in [4.69, 9.17) is 0 Å². The van der Waals surface area contributed by atoms with Crippen LogP contribution in [0.4, 0.5) is 13.2 Å². The van der Waals surface area contributed by atoms with E-state index in [-0.39, 0.29) is 23.3 Å². The summed E-state index contributed by atoms with van der Waals surface area (Å²) in [6.45, 7) is 2.26. The number of halogens is 3. The molecule has 0 bridgehead atoms. The second kappa shape index (κ2) is 5.48. The van der Waals surface area contributed by atoms with E-state index in [1.54, 1.807) is 17.9 Å². The van der Waals surface area contributed by atoms with E-state index in [1.165, 1.54) is 18.2 Å². The van der Waals surface area contributed by atoms with Crippen molar-refractivity contribution >= 4 is 5.91 Å². The molecular formula is C17H14F3NO. The first kappa shape index (κ1) is 14.6. The molecule has 0 N–H and O–H groups in total. The number of carbonyl (C=O) groups excluding carboxylic acids is 1. The number of nitrogens with zero attached hydrogens (tertiary/aromatic N) is 1. The van der Waals surface area contributed by atoms with Crippen molar-refractivity contribution in [2.75, 3.05) is 6.54 Å². The maximum atomic E-state index is 13.4. The first-order valence-corrected chi connectivity index (χ1v) is 7.01. The first-order valence-electron chi connectivity index (χ1n) is 7.01. The molecule has 22 heavy (non-hydrogen) atoms. The third-order valence-corrected chi connectivity index (χ3v) is 4.07. The molecule has 0 aliphatic carbocycles. The minimum atomic E-state index is -1.05. The maximum Gasteiger partial charge on any atom is 0.254 e. The van der Waals surface area contributed by atoms with Gasteiger partial charge in [-0.15, -0.1) is 0 Å². The van der Waals surface area contributed by atoms with Gasteiger partial charge in [-0.25, -0.2) is 13.2 Å². The van der Waals surface area contributed by atoms with E-state index in [0.29, 0.717) is 13.0 Å². The van der Waals surface area contributed by atoms with Gasteiger partial charge in [0.25, 0.3) is 5.91 Å². The third kappa shape index (κ3) is 2.47. The molecule has 1 amide bonds. The maximum absolute atomic E-state index is 13.4. The number of hydrogen-bond donors (Lipinski definition) is 0. The summed E-state index contributed by atoms with van der Waals surface area (Å²) < 4.78 is 39.7. The highest BCUT2D eigenvalue weighted by molar-refractivity contribution is 5.94. The predicted octanol–water partition coefficient (Wildman–Crippen LogP) is 3.86. The summed E-state index contributed by atoms with van der Waals surface area (Å²) in [6, 6.07) is 7.31. The van der Waals surface area contributed by atoms with Crippen LogP contribution in [0.5, 0.6) is 0 Å². The zero-order chi connectivity index (χ0) is 15.9. The van der Waals surface area contributed by atoms with Gasteiger partial charge in [0, 0.05) is 12.1 Å². The summed E-state index contributed by atoms with van der Waals surface area (Å²) in [6.07, 6.45) is 0.607. The normalized spacial score (nSPS) is 17.3. The Hall–Kier alpha value is -2.30. The Bertz CT molecular complexity index is 745. The fourth-order valence-electron chi connectivity index (χ4n) is 2.86. The van der Waals surface area contributed by atoms with Gasteiger partial charge in [-0.05, 0) is 54.8 Å². The average molecular weight is 305 g/mol. The van der Waals surface area contributed by atoms with Gasteiger partial charge in [0.2, 0.25) is 0 Å². The van der Waals surface area contributed by atoms with Gasteiger partial charge in [-0.3, -0.25) is 4.79 Å². The van der Waals surface area contributed by atoms with Gasteiger partial charge < -0.3 is 4.90 Å². The lowest BCUT2D eigenvalue weighted by molar-refractivity contribution is 0.0676. The molecule has 1 atom stereocenters. The lowest BCUT2D eigenvalue weighted by Crippen LogP contribution is -2.39. The highest BCUT2D eigenvalue weighted by Crippen LogP contribution is 2.31. The van der Waals surface area contributed by atoms with Crippen molar-refractivity contribution in [1.29, 1.82) is 0 Å². The summed E-state index contributed by atoms with van der Waals surface area (Å²) in [5.74, 6) is -2.79. The largest absolute Gasteiger partial charge is 0.332 e. The van der Waals surface area contributed by atoms with E-state index in [1.807, 2.05) is 0 Å². The van der Waals surface area contributed by atoms with Crippen molar-refractivity contribution in [3.63, 3.8) is 0 Å². The Morgan fingerprint density at radius 2 is 1.86 bits per heavy atom. The molecule has 114 valence electrons. The number of fused-ring (bicyclic) bond motifs is 1. The molecule has 2 aromatic rings. The third-order valence-electron chi connectivity index (χ3n) is 4.07. The van der Waals surface area contributed by atoms with Crippen LogP contribution in [0.3, 0.4) is 0 Å². The summed E-state index contributed by atoms with van der Waals surface area (Å²) in [5, 5.41) is 0. The van der Waals surface area contributed by atoms with Crippen molar-refractivity contribution in [3.05, 3.63) is 70.5 Å². The number of hydrogen-bond acceptors (Lipinski definition) is 1. The van der Waals surface area contributed by atoms with Crippen LogP contribution in [0.2, 0.25) is 0 Å². The monoisotopic (exact) mass is 305 g/mol. The molecule has 3 rings (SSSR count). The molecule has 2 nitrogen and oxygen atoms in total. The fraction of sp³-hybridized carbons (Fsp3) is 0.235. The number of amides is 1. The van der Waals surface area contributed by atoms with Crippen molar-refractivity contribution in [1.82, 2.24) is 4.90 Å². The van der Waals surface area contributed by atoms with Crippen molar-refractivity contribution in [2.24, 2.45) is 0 Å². The van der Waals surface area contributed by atoms with E-state index in [9.17, 15) is 18.0 Å². The summed E-state index contributed by atoms with van der Waals surface area (Å²) in [4.78, 5) is 14.1. The van der Waals surface area contributed by atoms with Crippen LogP contribution >= 0.6 is 0 Å². The first-order chi connectivity index (χ1) is 10.5. The summed E-state index contributed by atoms with van der Waals surface area (Å²) in [7, 11) is 0. The molecule has 1 heterocycles. The summed E-state index contributed by atoms with van der Waals surface area (Å²) >= 11 is 0. The molecule has 2 aromatic carbocycles. The predicted molar refractivity (Wildman–Crippen MR) is 75.9 cm³/mol. The van der Waals surface area contributed by atoms with Crippen molar-refractivity contribution < 1.29 is 18.0 Å². The lowest BCUT2D eigenvalue weighted by Gasteiger charge is -2.35. The molecule has 0 saturated carbocycles. The van der Waals surface area contributed by atoms with E-state index in [2.05, 4.69) is 0 Å². The molecule has 1 aliphatic heterocycles.